The van der Waals surface area contributed by atoms with Gasteiger partial charge in [0.25, 0.3) is 0 Å². The highest BCUT2D eigenvalue weighted by Crippen LogP contribution is 2.20. The Bertz CT molecular complexity index is 692. The second kappa shape index (κ2) is 6.42. The number of hydrogen-bond donors (Lipinski definition) is 1. The molecule has 3 rings (SSSR count). The maximum absolute atomic E-state index is 5.88. The van der Waals surface area contributed by atoms with E-state index in [4.69, 9.17) is 11.6 Å². The van der Waals surface area contributed by atoms with Crippen LogP contribution in [0.2, 0.25) is 5.02 Å². The molecule has 21 heavy (non-hydrogen) atoms. The van der Waals surface area contributed by atoms with Gasteiger partial charge in [-0.15, -0.1) is 0 Å². The molecule has 104 valence electrons. The molecule has 0 fully saturated rings. The van der Waals surface area contributed by atoms with Crippen molar-refractivity contribution in [3.05, 3.63) is 89.2 Å². The van der Waals surface area contributed by atoms with Crippen LogP contribution < -0.4 is 5.32 Å². The Balaban J connectivity index is 1.68. The zero-order valence-electron chi connectivity index (χ0n) is 11.5. The number of anilines is 2. The highest BCUT2D eigenvalue weighted by molar-refractivity contribution is 6.30. The van der Waals surface area contributed by atoms with Crippen LogP contribution in [0, 0.1) is 0 Å². The lowest BCUT2D eigenvalue weighted by Crippen LogP contribution is -1.92. The average molecular weight is 295 g/mol. The van der Waals surface area contributed by atoms with Gasteiger partial charge in [-0.2, -0.15) is 0 Å². The highest BCUT2D eigenvalue weighted by atomic mass is 35.5. The Morgan fingerprint density at radius 1 is 0.714 bits per heavy atom. The molecular formula is C18H15ClN2. The molecule has 0 radical (unpaired) electrons. The standard InChI is InChI=1S/C18H15ClN2/c19-16-3-7-18(8-4-16)21-17-5-1-14(2-6-17)13-15-9-11-20-12-10-15/h1-12,21H,13H2. The van der Waals surface area contributed by atoms with Crippen molar-refractivity contribution in [1.29, 1.82) is 0 Å². The molecule has 0 saturated heterocycles. The number of hydrogen-bond acceptors (Lipinski definition) is 2. The van der Waals surface area contributed by atoms with Crippen molar-refractivity contribution in [3.8, 4) is 0 Å². The van der Waals surface area contributed by atoms with E-state index >= 15 is 0 Å². The summed E-state index contributed by atoms with van der Waals surface area (Å²) >= 11 is 5.88. The van der Waals surface area contributed by atoms with E-state index < -0.39 is 0 Å². The van der Waals surface area contributed by atoms with Crippen LogP contribution in [0.4, 0.5) is 11.4 Å². The maximum Gasteiger partial charge on any atom is 0.0407 e. The number of rotatable bonds is 4. The third-order valence-corrected chi connectivity index (χ3v) is 3.50. The second-order valence-electron chi connectivity index (χ2n) is 4.86. The predicted octanol–water partition coefficient (Wildman–Crippen LogP) is 5.07. The van der Waals surface area contributed by atoms with Crippen molar-refractivity contribution >= 4 is 23.0 Å². The van der Waals surface area contributed by atoms with Crippen molar-refractivity contribution in [2.75, 3.05) is 5.32 Å². The molecule has 0 aliphatic heterocycles. The maximum atomic E-state index is 5.88. The van der Waals surface area contributed by atoms with Gasteiger partial charge < -0.3 is 5.32 Å². The van der Waals surface area contributed by atoms with E-state index in [0.717, 1.165) is 22.8 Å². The molecule has 0 aliphatic carbocycles. The molecule has 0 saturated carbocycles. The molecule has 0 aliphatic rings. The zero-order valence-corrected chi connectivity index (χ0v) is 12.2. The van der Waals surface area contributed by atoms with Gasteiger partial charge in [0.05, 0.1) is 0 Å². The minimum Gasteiger partial charge on any atom is -0.356 e. The molecule has 1 N–H and O–H groups in total. The normalized spacial score (nSPS) is 10.3. The van der Waals surface area contributed by atoms with Crippen LogP contribution in [0.25, 0.3) is 0 Å². The molecule has 2 nitrogen and oxygen atoms in total. The first-order valence-electron chi connectivity index (χ1n) is 6.80. The lowest BCUT2D eigenvalue weighted by Gasteiger charge is -2.08. The quantitative estimate of drug-likeness (QED) is 0.726. The van der Waals surface area contributed by atoms with Crippen molar-refractivity contribution in [2.45, 2.75) is 6.42 Å². The summed E-state index contributed by atoms with van der Waals surface area (Å²) in [6.45, 7) is 0. The van der Waals surface area contributed by atoms with Gasteiger partial charge in [0.15, 0.2) is 0 Å². The van der Waals surface area contributed by atoms with E-state index in [2.05, 4.69) is 34.6 Å². The zero-order chi connectivity index (χ0) is 14.5. The van der Waals surface area contributed by atoms with E-state index in [-0.39, 0.29) is 0 Å². The van der Waals surface area contributed by atoms with Crippen molar-refractivity contribution in [1.82, 2.24) is 4.98 Å². The largest absolute Gasteiger partial charge is 0.356 e. The van der Waals surface area contributed by atoms with E-state index in [9.17, 15) is 0 Å². The fourth-order valence-corrected chi connectivity index (χ4v) is 2.27. The minimum atomic E-state index is 0.744. The van der Waals surface area contributed by atoms with Gasteiger partial charge in [0, 0.05) is 28.8 Å². The molecular weight excluding hydrogens is 280 g/mol. The molecule has 0 spiro atoms. The SMILES string of the molecule is Clc1ccc(Nc2ccc(Cc3ccncc3)cc2)cc1. The van der Waals surface area contributed by atoms with Crippen molar-refractivity contribution in [3.63, 3.8) is 0 Å². The first-order chi connectivity index (χ1) is 10.3. The number of pyridine rings is 1. The number of nitrogens with one attached hydrogen (secondary N) is 1. The van der Waals surface area contributed by atoms with Gasteiger partial charge in [0.1, 0.15) is 0 Å². The van der Waals surface area contributed by atoms with Gasteiger partial charge in [0.2, 0.25) is 0 Å². The molecule has 1 heterocycles. The van der Waals surface area contributed by atoms with Crippen LogP contribution in [-0.2, 0) is 6.42 Å². The molecule has 0 bridgehead atoms. The van der Waals surface area contributed by atoms with Crippen LogP contribution in [0.15, 0.2) is 73.1 Å². The van der Waals surface area contributed by atoms with Gasteiger partial charge in [-0.25, -0.2) is 0 Å². The second-order valence-corrected chi connectivity index (χ2v) is 5.30. The summed E-state index contributed by atoms with van der Waals surface area (Å²) in [6, 6.07) is 20.2. The Morgan fingerprint density at radius 3 is 1.86 bits per heavy atom. The van der Waals surface area contributed by atoms with Gasteiger partial charge in [-0.1, -0.05) is 23.7 Å². The van der Waals surface area contributed by atoms with E-state index in [1.807, 2.05) is 48.8 Å². The van der Waals surface area contributed by atoms with Gasteiger partial charge in [-0.3, -0.25) is 4.98 Å². The lowest BCUT2D eigenvalue weighted by atomic mass is 10.1. The van der Waals surface area contributed by atoms with Gasteiger partial charge in [-0.05, 0) is 66.1 Å². The summed E-state index contributed by atoms with van der Waals surface area (Å²) in [5.74, 6) is 0. The Morgan fingerprint density at radius 2 is 1.24 bits per heavy atom. The van der Waals surface area contributed by atoms with Crippen LogP contribution >= 0.6 is 11.6 Å². The van der Waals surface area contributed by atoms with Gasteiger partial charge >= 0.3 is 0 Å². The number of halogens is 1. The molecule has 0 amide bonds. The predicted molar refractivity (Wildman–Crippen MR) is 88.2 cm³/mol. The molecule has 1 aromatic heterocycles. The molecule has 2 aromatic carbocycles. The smallest absolute Gasteiger partial charge is 0.0407 e. The third-order valence-electron chi connectivity index (χ3n) is 3.24. The Kier molecular flexibility index (Phi) is 4.17. The summed E-state index contributed by atoms with van der Waals surface area (Å²) in [4.78, 5) is 4.03. The van der Waals surface area contributed by atoms with Crippen LogP contribution in [-0.4, -0.2) is 4.98 Å². The van der Waals surface area contributed by atoms with Crippen LogP contribution in [0.3, 0.4) is 0 Å². The fourth-order valence-electron chi connectivity index (χ4n) is 2.14. The number of benzene rings is 2. The first kappa shape index (κ1) is 13.7. The summed E-state index contributed by atoms with van der Waals surface area (Å²) in [6.07, 6.45) is 4.57. The molecule has 3 heteroatoms. The summed E-state index contributed by atoms with van der Waals surface area (Å²) in [5, 5.41) is 4.10. The van der Waals surface area contributed by atoms with Crippen molar-refractivity contribution in [2.24, 2.45) is 0 Å². The molecule has 0 unspecified atom stereocenters. The summed E-state index contributed by atoms with van der Waals surface area (Å²) in [5.41, 5.74) is 4.64. The highest BCUT2D eigenvalue weighted by Gasteiger charge is 1.98. The van der Waals surface area contributed by atoms with Crippen LogP contribution in [0.5, 0.6) is 0 Å². The fraction of sp³-hybridized carbons (Fsp3) is 0.0556. The monoisotopic (exact) mass is 294 g/mol. The van der Waals surface area contributed by atoms with Crippen molar-refractivity contribution < 1.29 is 0 Å². The molecule has 3 aromatic rings. The Hall–Kier alpha value is -2.32. The van der Waals surface area contributed by atoms with E-state index in [0.29, 0.717) is 0 Å². The summed E-state index contributed by atoms with van der Waals surface area (Å²) in [7, 11) is 0. The topological polar surface area (TPSA) is 24.9 Å². The minimum absolute atomic E-state index is 0.744. The first-order valence-corrected chi connectivity index (χ1v) is 7.18. The average Bonchev–Trinajstić information content (AvgIpc) is 2.53. The number of aromatic nitrogens is 1. The number of nitrogens with zero attached hydrogens (tertiary/aromatic N) is 1. The Labute approximate surface area is 129 Å². The van der Waals surface area contributed by atoms with Crippen LogP contribution in [0.1, 0.15) is 11.1 Å². The third kappa shape index (κ3) is 3.83. The van der Waals surface area contributed by atoms with E-state index in [1.165, 1.54) is 11.1 Å². The van der Waals surface area contributed by atoms with E-state index in [1.54, 1.807) is 0 Å². The molecule has 0 atom stereocenters. The summed E-state index contributed by atoms with van der Waals surface area (Å²) < 4.78 is 0. The lowest BCUT2D eigenvalue weighted by molar-refractivity contribution is 1.16.